The van der Waals surface area contributed by atoms with E-state index in [2.05, 4.69) is 5.32 Å². The lowest BCUT2D eigenvalue weighted by Gasteiger charge is -2.22. The SMILES string of the molecule is COCNC1CCCCC1. The number of hydrogen-bond acceptors (Lipinski definition) is 2. The summed E-state index contributed by atoms with van der Waals surface area (Å²) >= 11 is 0. The predicted octanol–water partition coefficient (Wildman–Crippen LogP) is 1.51. The highest BCUT2D eigenvalue weighted by Gasteiger charge is 2.11. The molecular weight excluding hydrogens is 126 g/mol. The van der Waals surface area contributed by atoms with Crippen LogP contribution in [0.4, 0.5) is 0 Å². The molecule has 1 aliphatic rings. The number of rotatable bonds is 3. The zero-order valence-corrected chi connectivity index (χ0v) is 6.73. The standard InChI is InChI=1S/C8H17NO/c1-10-7-9-8-5-3-2-4-6-8/h8-9H,2-7H2,1H3. The fourth-order valence-electron chi connectivity index (χ4n) is 1.51. The molecule has 0 radical (unpaired) electrons. The molecule has 1 N–H and O–H groups in total. The van der Waals surface area contributed by atoms with Gasteiger partial charge in [0.1, 0.15) is 0 Å². The maximum Gasteiger partial charge on any atom is 0.0963 e. The minimum absolute atomic E-state index is 0.713. The molecule has 0 bridgehead atoms. The molecule has 0 atom stereocenters. The van der Waals surface area contributed by atoms with Crippen molar-refractivity contribution in [3.63, 3.8) is 0 Å². The minimum atomic E-state index is 0.713. The van der Waals surface area contributed by atoms with E-state index >= 15 is 0 Å². The second-order valence-electron chi connectivity index (χ2n) is 2.97. The van der Waals surface area contributed by atoms with Gasteiger partial charge in [0, 0.05) is 13.2 Å². The van der Waals surface area contributed by atoms with Crippen LogP contribution in [0.15, 0.2) is 0 Å². The van der Waals surface area contributed by atoms with Gasteiger partial charge >= 0.3 is 0 Å². The average Bonchev–Trinajstić information content (AvgIpc) is 2.03. The molecular formula is C8H17NO. The van der Waals surface area contributed by atoms with Crippen LogP contribution < -0.4 is 5.32 Å². The molecule has 1 aliphatic carbocycles. The van der Waals surface area contributed by atoms with Gasteiger partial charge < -0.3 is 4.74 Å². The molecule has 0 unspecified atom stereocenters. The van der Waals surface area contributed by atoms with Crippen LogP contribution in [-0.4, -0.2) is 19.9 Å². The summed E-state index contributed by atoms with van der Waals surface area (Å²) in [5, 5.41) is 3.35. The van der Waals surface area contributed by atoms with Gasteiger partial charge in [-0.2, -0.15) is 0 Å². The normalized spacial score (nSPS) is 21.3. The van der Waals surface area contributed by atoms with Gasteiger partial charge in [-0.15, -0.1) is 0 Å². The van der Waals surface area contributed by atoms with E-state index in [0.717, 1.165) is 6.04 Å². The Hall–Kier alpha value is -0.0800. The van der Waals surface area contributed by atoms with Gasteiger partial charge in [0.25, 0.3) is 0 Å². The molecule has 0 amide bonds. The first-order valence-electron chi connectivity index (χ1n) is 4.16. The summed E-state index contributed by atoms with van der Waals surface area (Å²) < 4.78 is 4.93. The Morgan fingerprint density at radius 3 is 2.60 bits per heavy atom. The molecule has 0 aliphatic heterocycles. The Kier molecular flexibility index (Phi) is 3.76. The van der Waals surface area contributed by atoms with E-state index in [1.54, 1.807) is 7.11 Å². The molecule has 0 heterocycles. The first kappa shape index (κ1) is 8.02. The Labute approximate surface area is 63.0 Å². The zero-order chi connectivity index (χ0) is 7.23. The summed E-state index contributed by atoms with van der Waals surface area (Å²) in [6, 6.07) is 0.730. The Morgan fingerprint density at radius 2 is 2.00 bits per heavy atom. The third-order valence-corrected chi connectivity index (χ3v) is 2.12. The minimum Gasteiger partial charge on any atom is -0.370 e. The third kappa shape index (κ3) is 2.67. The van der Waals surface area contributed by atoms with Crippen LogP contribution >= 0.6 is 0 Å². The van der Waals surface area contributed by atoms with Gasteiger partial charge in [-0.25, -0.2) is 0 Å². The van der Waals surface area contributed by atoms with Crippen LogP contribution in [0.3, 0.4) is 0 Å². The number of methoxy groups -OCH3 is 1. The highest BCUT2D eigenvalue weighted by atomic mass is 16.5. The summed E-state index contributed by atoms with van der Waals surface area (Å²) in [7, 11) is 1.73. The lowest BCUT2D eigenvalue weighted by molar-refractivity contribution is 0.154. The maximum atomic E-state index is 4.93. The molecule has 2 heteroatoms. The van der Waals surface area contributed by atoms with Crippen molar-refractivity contribution in [2.75, 3.05) is 13.8 Å². The van der Waals surface area contributed by atoms with E-state index in [9.17, 15) is 0 Å². The number of hydrogen-bond donors (Lipinski definition) is 1. The fraction of sp³-hybridized carbons (Fsp3) is 1.00. The van der Waals surface area contributed by atoms with Crippen LogP contribution in [0.2, 0.25) is 0 Å². The number of ether oxygens (including phenoxy) is 1. The van der Waals surface area contributed by atoms with E-state index in [1.165, 1.54) is 32.1 Å². The fourth-order valence-corrected chi connectivity index (χ4v) is 1.51. The van der Waals surface area contributed by atoms with Crippen molar-refractivity contribution in [3.05, 3.63) is 0 Å². The molecule has 2 nitrogen and oxygen atoms in total. The zero-order valence-electron chi connectivity index (χ0n) is 6.73. The van der Waals surface area contributed by atoms with Crippen molar-refractivity contribution in [1.82, 2.24) is 5.32 Å². The molecule has 1 rings (SSSR count). The molecule has 60 valence electrons. The third-order valence-electron chi connectivity index (χ3n) is 2.12. The largest absolute Gasteiger partial charge is 0.370 e. The quantitative estimate of drug-likeness (QED) is 0.605. The van der Waals surface area contributed by atoms with Gasteiger partial charge in [0.05, 0.1) is 6.73 Å². The van der Waals surface area contributed by atoms with Gasteiger partial charge in [-0.05, 0) is 12.8 Å². The molecule has 0 saturated heterocycles. The summed E-state index contributed by atoms with van der Waals surface area (Å²) in [6.07, 6.45) is 6.88. The highest BCUT2D eigenvalue weighted by Crippen LogP contribution is 2.16. The monoisotopic (exact) mass is 143 g/mol. The van der Waals surface area contributed by atoms with Gasteiger partial charge in [-0.1, -0.05) is 19.3 Å². The summed E-state index contributed by atoms with van der Waals surface area (Å²) in [4.78, 5) is 0. The van der Waals surface area contributed by atoms with Crippen molar-refractivity contribution in [3.8, 4) is 0 Å². The second kappa shape index (κ2) is 4.69. The molecule has 1 fully saturated rings. The first-order chi connectivity index (χ1) is 4.93. The molecule has 0 aromatic carbocycles. The van der Waals surface area contributed by atoms with E-state index in [-0.39, 0.29) is 0 Å². The van der Waals surface area contributed by atoms with Gasteiger partial charge in [-0.3, -0.25) is 5.32 Å². The van der Waals surface area contributed by atoms with E-state index < -0.39 is 0 Å². The average molecular weight is 143 g/mol. The molecule has 0 aromatic rings. The lowest BCUT2D eigenvalue weighted by atomic mass is 9.96. The second-order valence-corrected chi connectivity index (χ2v) is 2.97. The Bertz CT molecular complexity index is 79.3. The van der Waals surface area contributed by atoms with Gasteiger partial charge in [0.15, 0.2) is 0 Å². The van der Waals surface area contributed by atoms with Crippen LogP contribution in [0.1, 0.15) is 32.1 Å². The van der Waals surface area contributed by atoms with Crippen molar-refractivity contribution >= 4 is 0 Å². The molecule has 10 heavy (non-hydrogen) atoms. The van der Waals surface area contributed by atoms with E-state index in [1.807, 2.05) is 0 Å². The molecule has 1 saturated carbocycles. The Morgan fingerprint density at radius 1 is 1.30 bits per heavy atom. The summed E-state index contributed by atoms with van der Waals surface area (Å²) in [5.74, 6) is 0. The van der Waals surface area contributed by atoms with Crippen LogP contribution in [0.25, 0.3) is 0 Å². The number of nitrogens with one attached hydrogen (secondary N) is 1. The van der Waals surface area contributed by atoms with Crippen LogP contribution in [-0.2, 0) is 4.74 Å². The molecule has 0 aromatic heterocycles. The summed E-state index contributed by atoms with van der Waals surface area (Å²) in [6.45, 7) is 0.713. The van der Waals surface area contributed by atoms with E-state index in [4.69, 9.17) is 4.74 Å². The predicted molar refractivity (Wildman–Crippen MR) is 41.9 cm³/mol. The maximum absolute atomic E-state index is 4.93. The molecule has 0 spiro atoms. The van der Waals surface area contributed by atoms with Crippen LogP contribution in [0, 0.1) is 0 Å². The van der Waals surface area contributed by atoms with Crippen molar-refractivity contribution in [2.24, 2.45) is 0 Å². The van der Waals surface area contributed by atoms with Crippen molar-refractivity contribution < 1.29 is 4.74 Å². The van der Waals surface area contributed by atoms with E-state index in [0.29, 0.717) is 6.73 Å². The summed E-state index contributed by atoms with van der Waals surface area (Å²) in [5.41, 5.74) is 0. The van der Waals surface area contributed by atoms with Crippen molar-refractivity contribution in [1.29, 1.82) is 0 Å². The highest BCUT2D eigenvalue weighted by molar-refractivity contribution is 4.69. The smallest absolute Gasteiger partial charge is 0.0963 e. The first-order valence-corrected chi connectivity index (χ1v) is 4.16. The Balaban J connectivity index is 2.02. The van der Waals surface area contributed by atoms with Crippen molar-refractivity contribution in [2.45, 2.75) is 38.1 Å². The van der Waals surface area contributed by atoms with Crippen LogP contribution in [0.5, 0.6) is 0 Å². The van der Waals surface area contributed by atoms with Gasteiger partial charge in [0.2, 0.25) is 0 Å². The topological polar surface area (TPSA) is 21.3 Å². The lowest BCUT2D eigenvalue weighted by Crippen LogP contribution is -2.32.